The Hall–Kier alpha value is -0.520. The Balaban J connectivity index is 3.63. The molecule has 0 aromatic carbocycles. The predicted molar refractivity (Wildman–Crippen MR) is 61.9 cm³/mol. The van der Waals surface area contributed by atoms with Gasteiger partial charge in [0.2, 0.25) is 0 Å². The average Bonchev–Trinajstić information content (AvgIpc) is 2.14. The fourth-order valence-corrected chi connectivity index (χ4v) is 1.18. The van der Waals surface area contributed by atoms with E-state index < -0.39 is 0 Å². The first-order chi connectivity index (χ1) is 6.20. The summed E-state index contributed by atoms with van der Waals surface area (Å²) in [7, 11) is 0. The van der Waals surface area contributed by atoms with Crippen LogP contribution in [0.4, 0.5) is 0 Å². The van der Waals surface area contributed by atoms with Crippen molar-refractivity contribution in [2.24, 2.45) is 0 Å². The van der Waals surface area contributed by atoms with Gasteiger partial charge >= 0.3 is 0 Å². The second-order valence-electron chi connectivity index (χ2n) is 3.78. The third-order valence-electron chi connectivity index (χ3n) is 2.37. The minimum Gasteiger partial charge on any atom is -0.0856 e. The molecule has 0 bridgehead atoms. The summed E-state index contributed by atoms with van der Waals surface area (Å²) in [5.74, 6) is 0. The minimum atomic E-state index is 1.19. The average molecular weight is 180 g/mol. The second-order valence-corrected chi connectivity index (χ2v) is 3.78. The fourth-order valence-electron chi connectivity index (χ4n) is 1.18. The lowest BCUT2D eigenvalue weighted by atomic mass is 10.1. The molecule has 0 rings (SSSR count). The molecule has 0 fully saturated rings. The SMILES string of the molecule is CCCC=C(C)CCC=C(C)CC. The Labute approximate surface area is 83.7 Å². The minimum absolute atomic E-state index is 1.19. The molecule has 0 spiro atoms. The van der Waals surface area contributed by atoms with Crippen molar-refractivity contribution < 1.29 is 0 Å². The molecule has 0 N–H and O–H groups in total. The van der Waals surface area contributed by atoms with Crippen LogP contribution in [0.1, 0.15) is 59.8 Å². The highest BCUT2D eigenvalue weighted by Crippen LogP contribution is 2.09. The third-order valence-corrected chi connectivity index (χ3v) is 2.37. The van der Waals surface area contributed by atoms with Gasteiger partial charge in [-0.05, 0) is 39.5 Å². The molecule has 0 saturated carbocycles. The molecule has 0 amide bonds. The van der Waals surface area contributed by atoms with Crippen molar-refractivity contribution in [3.8, 4) is 0 Å². The van der Waals surface area contributed by atoms with Gasteiger partial charge in [0.1, 0.15) is 0 Å². The van der Waals surface area contributed by atoms with Crippen LogP contribution in [0, 0.1) is 0 Å². The highest BCUT2D eigenvalue weighted by atomic mass is 14.0. The monoisotopic (exact) mass is 180 g/mol. The molecule has 0 aromatic heterocycles. The summed E-state index contributed by atoms with van der Waals surface area (Å²) in [4.78, 5) is 0. The zero-order valence-electron chi connectivity index (χ0n) is 9.69. The molecule has 0 aliphatic carbocycles. The number of allylic oxidation sites excluding steroid dienone is 4. The first-order valence-electron chi connectivity index (χ1n) is 5.52. The van der Waals surface area contributed by atoms with Crippen LogP contribution in [0.15, 0.2) is 23.3 Å². The van der Waals surface area contributed by atoms with Gasteiger partial charge in [-0.15, -0.1) is 0 Å². The molecule has 0 aliphatic heterocycles. The van der Waals surface area contributed by atoms with Crippen LogP contribution in [0.3, 0.4) is 0 Å². The molecule has 0 unspecified atom stereocenters. The van der Waals surface area contributed by atoms with Crippen LogP contribution >= 0.6 is 0 Å². The van der Waals surface area contributed by atoms with E-state index in [1.807, 2.05) is 0 Å². The van der Waals surface area contributed by atoms with Crippen LogP contribution in [0.2, 0.25) is 0 Å². The lowest BCUT2D eigenvalue weighted by Gasteiger charge is -1.99. The van der Waals surface area contributed by atoms with Gasteiger partial charge in [0, 0.05) is 0 Å². The number of hydrogen-bond acceptors (Lipinski definition) is 0. The Morgan fingerprint density at radius 1 is 0.923 bits per heavy atom. The number of unbranched alkanes of at least 4 members (excludes halogenated alkanes) is 1. The van der Waals surface area contributed by atoms with Crippen LogP contribution in [-0.2, 0) is 0 Å². The summed E-state index contributed by atoms with van der Waals surface area (Å²) in [6.45, 7) is 8.90. The zero-order chi connectivity index (χ0) is 10.1. The van der Waals surface area contributed by atoms with E-state index in [4.69, 9.17) is 0 Å². The molecule has 0 heteroatoms. The van der Waals surface area contributed by atoms with E-state index in [9.17, 15) is 0 Å². The molecule has 0 radical (unpaired) electrons. The van der Waals surface area contributed by atoms with E-state index in [0.717, 1.165) is 0 Å². The predicted octanol–water partition coefficient (Wildman–Crippen LogP) is 4.87. The summed E-state index contributed by atoms with van der Waals surface area (Å²) < 4.78 is 0. The van der Waals surface area contributed by atoms with E-state index in [0.29, 0.717) is 0 Å². The first-order valence-corrected chi connectivity index (χ1v) is 5.52. The van der Waals surface area contributed by atoms with Gasteiger partial charge < -0.3 is 0 Å². The Kier molecular flexibility index (Phi) is 7.77. The van der Waals surface area contributed by atoms with Gasteiger partial charge in [0.05, 0.1) is 0 Å². The van der Waals surface area contributed by atoms with Crippen LogP contribution < -0.4 is 0 Å². The molecule has 0 aromatic rings. The maximum absolute atomic E-state index is 2.37. The Bertz CT molecular complexity index is 172. The van der Waals surface area contributed by atoms with Gasteiger partial charge in [0.15, 0.2) is 0 Å². The van der Waals surface area contributed by atoms with Crippen LogP contribution in [0.5, 0.6) is 0 Å². The molecule has 0 atom stereocenters. The van der Waals surface area contributed by atoms with Gasteiger partial charge in [-0.3, -0.25) is 0 Å². The van der Waals surface area contributed by atoms with Crippen LogP contribution in [0.25, 0.3) is 0 Å². The summed E-state index contributed by atoms with van der Waals surface area (Å²) in [6.07, 6.45) is 10.9. The first kappa shape index (κ1) is 12.5. The molecule has 0 saturated heterocycles. The van der Waals surface area contributed by atoms with Crippen molar-refractivity contribution in [1.82, 2.24) is 0 Å². The third kappa shape index (κ3) is 7.83. The second kappa shape index (κ2) is 8.10. The van der Waals surface area contributed by atoms with Gasteiger partial charge in [0.25, 0.3) is 0 Å². The molecule has 13 heavy (non-hydrogen) atoms. The van der Waals surface area contributed by atoms with E-state index >= 15 is 0 Å². The maximum atomic E-state index is 2.37. The van der Waals surface area contributed by atoms with Gasteiger partial charge in [-0.25, -0.2) is 0 Å². The van der Waals surface area contributed by atoms with E-state index in [1.165, 1.54) is 37.7 Å². The van der Waals surface area contributed by atoms with Crippen molar-refractivity contribution in [2.45, 2.75) is 59.8 Å². The smallest absolute Gasteiger partial charge is 0.0288 e. The largest absolute Gasteiger partial charge is 0.0856 e. The van der Waals surface area contributed by atoms with Crippen LogP contribution in [-0.4, -0.2) is 0 Å². The van der Waals surface area contributed by atoms with Crippen molar-refractivity contribution in [3.05, 3.63) is 23.3 Å². The molecular weight excluding hydrogens is 156 g/mol. The summed E-state index contributed by atoms with van der Waals surface area (Å²) >= 11 is 0. The molecule has 0 aliphatic rings. The molecule has 76 valence electrons. The van der Waals surface area contributed by atoms with E-state index in [1.54, 1.807) is 5.57 Å². The Morgan fingerprint density at radius 2 is 1.54 bits per heavy atom. The van der Waals surface area contributed by atoms with E-state index in [2.05, 4.69) is 39.8 Å². The summed E-state index contributed by atoms with van der Waals surface area (Å²) in [5.41, 5.74) is 3.06. The summed E-state index contributed by atoms with van der Waals surface area (Å²) in [6, 6.07) is 0. The molecule has 0 heterocycles. The maximum Gasteiger partial charge on any atom is -0.0288 e. The highest BCUT2D eigenvalue weighted by molar-refractivity contribution is 5.03. The van der Waals surface area contributed by atoms with Gasteiger partial charge in [-0.2, -0.15) is 0 Å². The van der Waals surface area contributed by atoms with E-state index in [-0.39, 0.29) is 0 Å². The van der Waals surface area contributed by atoms with Crippen molar-refractivity contribution >= 4 is 0 Å². The summed E-state index contributed by atoms with van der Waals surface area (Å²) in [5, 5.41) is 0. The number of rotatable bonds is 6. The topological polar surface area (TPSA) is 0 Å². The normalized spacial score (nSPS) is 13.5. The molecule has 0 nitrogen and oxygen atoms in total. The fraction of sp³-hybridized carbons (Fsp3) is 0.692. The van der Waals surface area contributed by atoms with Crippen molar-refractivity contribution in [1.29, 1.82) is 0 Å². The zero-order valence-corrected chi connectivity index (χ0v) is 9.69. The quantitative estimate of drug-likeness (QED) is 0.512. The Morgan fingerprint density at radius 3 is 2.08 bits per heavy atom. The highest BCUT2D eigenvalue weighted by Gasteiger charge is 1.88. The number of hydrogen-bond donors (Lipinski definition) is 0. The standard InChI is InChI=1S/C13H24/c1-5-7-9-13(4)11-8-10-12(3)6-2/h9-10H,5-8,11H2,1-4H3. The molecular formula is C13H24. The van der Waals surface area contributed by atoms with Crippen molar-refractivity contribution in [2.75, 3.05) is 0 Å². The van der Waals surface area contributed by atoms with Gasteiger partial charge in [-0.1, -0.05) is 43.6 Å². The lowest BCUT2D eigenvalue weighted by molar-refractivity contribution is 0.904. The lowest BCUT2D eigenvalue weighted by Crippen LogP contribution is -1.78. The van der Waals surface area contributed by atoms with Crippen molar-refractivity contribution in [3.63, 3.8) is 0 Å².